The number of hydrogen-bond acceptors (Lipinski definition) is 10. The van der Waals surface area contributed by atoms with E-state index in [-0.39, 0.29) is 11.8 Å². The second kappa shape index (κ2) is 24.7. The molecule has 4 N–H and O–H groups in total. The van der Waals surface area contributed by atoms with Gasteiger partial charge < -0.3 is 39.9 Å². The third-order valence-corrected chi connectivity index (χ3v) is 16.5. The van der Waals surface area contributed by atoms with Crippen LogP contribution in [0, 0.1) is 0 Å². The molecule has 2 aliphatic rings. The zero-order valence-corrected chi connectivity index (χ0v) is 46.3. The van der Waals surface area contributed by atoms with E-state index in [0.29, 0.717) is 72.4 Å². The van der Waals surface area contributed by atoms with Gasteiger partial charge in [0.25, 0.3) is 0 Å². The minimum atomic E-state index is 0.164. The van der Waals surface area contributed by atoms with Crippen LogP contribution in [0.1, 0.15) is 157 Å². The van der Waals surface area contributed by atoms with Crippen molar-refractivity contribution in [2.45, 2.75) is 135 Å². The Hall–Kier alpha value is -6.78. The Bertz CT molecular complexity index is 3060. The molecular formula is C61H80N12O4. The number of amides is 2. The summed E-state index contributed by atoms with van der Waals surface area (Å²) in [5, 5.41) is 17.7. The minimum Gasteiger partial charge on any atom is -0.493 e. The Morgan fingerprint density at radius 2 is 0.987 bits per heavy atom. The van der Waals surface area contributed by atoms with E-state index in [0.717, 1.165) is 143 Å². The van der Waals surface area contributed by atoms with E-state index in [1.54, 1.807) is 35.9 Å². The second-order valence-corrected chi connectivity index (χ2v) is 22.3. The van der Waals surface area contributed by atoms with Gasteiger partial charge in [0.05, 0.1) is 25.6 Å². The summed E-state index contributed by atoms with van der Waals surface area (Å²) in [6.07, 6.45) is 20.2. The van der Waals surface area contributed by atoms with Crippen LogP contribution in [0.15, 0.2) is 73.6 Å². The number of aromatic nitrogens is 8. The van der Waals surface area contributed by atoms with Crippen molar-refractivity contribution in [2.24, 2.45) is 0 Å². The van der Waals surface area contributed by atoms with E-state index in [1.165, 1.54) is 33.0 Å². The van der Waals surface area contributed by atoms with Crippen molar-refractivity contribution in [3.05, 3.63) is 95.8 Å². The quantitative estimate of drug-likeness (QED) is 0.0426. The number of nitrogens with zero attached hydrogens (tertiary/aromatic N) is 8. The van der Waals surface area contributed by atoms with Crippen molar-refractivity contribution in [3.8, 4) is 34.0 Å². The van der Waals surface area contributed by atoms with Gasteiger partial charge in [-0.2, -0.15) is 10.2 Å². The Balaban J connectivity index is 0.559. The molecule has 0 atom stereocenters. The Morgan fingerprint density at radius 3 is 1.38 bits per heavy atom. The molecule has 2 saturated heterocycles. The zero-order chi connectivity index (χ0) is 53.4. The van der Waals surface area contributed by atoms with Gasteiger partial charge in [-0.05, 0) is 147 Å². The molecule has 8 heterocycles. The molecule has 2 aromatic carbocycles. The summed E-state index contributed by atoms with van der Waals surface area (Å²) < 4.78 is 14.9. The van der Waals surface area contributed by atoms with Crippen LogP contribution in [-0.2, 0) is 9.59 Å². The molecule has 6 aromatic heterocycles. The summed E-state index contributed by atoms with van der Waals surface area (Å²) in [5.41, 5.74) is 13.4. The fourth-order valence-corrected chi connectivity index (χ4v) is 12.3. The largest absolute Gasteiger partial charge is 0.493 e. The molecule has 10 rings (SSSR count). The highest BCUT2D eigenvalue weighted by Gasteiger charge is 2.26. The lowest BCUT2D eigenvalue weighted by Crippen LogP contribution is -2.39. The number of H-pyrrole nitrogens is 2. The summed E-state index contributed by atoms with van der Waals surface area (Å²) in [6, 6.07) is 18.0. The molecule has 16 nitrogen and oxygen atoms in total. The van der Waals surface area contributed by atoms with Crippen LogP contribution in [0.2, 0.25) is 0 Å². The van der Waals surface area contributed by atoms with Gasteiger partial charge in [-0.15, -0.1) is 0 Å². The van der Waals surface area contributed by atoms with Crippen LogP contribution in [0.5, 0.6) is 11.5 Å². The fourth-order valence-electron chi connectivity index (χ4n) is 12.3. The Labute approximate surface area is 453 Å². The molecule has 2 amide bonds. The third kappa shape index (κ3) is 12.3. The smallest absolute Gasteiger partial charge is 0.220 e. The number of likely N-dealkylation sites (tertiary alicyclic amines) is 2. The van der Waals surface area contributed by atoms with Gasteiger partial charge in [0, 0.05) is 84.3 Å². The fraction of sp³-hybridized carbons (Fsp3) is 0.508. The number of piperidine rings is 2. The molecule has 0 radical (unpaired) electrons. The number of carbonyl (C=O) groups is 2. The Kier molecular flexibility index (Phi) is 17.2. The standard InChI is InChI=1S/C61H80N12O4/c1-40(2)56-48-32-44(16-18-50(48)68-58(56)46-34-52(76-5)60-64-38-66-72(60)36-46)42-20-26-70(27-21-42)30-24-62-54(74)14-12-10-8-7-9-11-13-15-55(75)63-25-31-71-28-22-43(23-29-71)45-17-19-51-49(33-45)57(41(3)4)59(69-51)47-35-53(77-6)61-65-39-67-73(61)37-47/h16-19,32-43,68-69H,7-15,20-31H2,1-6H3,(H,62,74)(H,63,75). The van der Waals surface area contributed by atoms with E-state index in [4.69, 9.17) is 9.47 Å². The molecule has 2 aliphatic heterocycles. The van der Waals surface area contributed by atoms with Gasteiger partial charge in [0.2, 0.25) is 11.8 Å². The highest BCUT2D eigenvalue weighted by molar-refractivity contribution is 5.93. The molecule has 0 spiro atoms. The van der Waals surface area contributed by atoms with Gasteiger partial charge in [0.15, 0.2) is 22.8 Å². The molecule has 77 heavy (non-hydrogen) atoms. The average Bonchev–Trinajstić information content (AvgIpc) is 4.37. The number of unbranched alkanes of at least 4 members (excludes halogenated alkanes) is 6. The number of aromatic amines is 2. The lowest BCUT2D eigenvalue weighted by atomic mass is 9.87. The normalized spacial score (nSPS) is 15.3. The lowest BCUT2D eigenvalue weighted by Gasteiger charge is -2.32. The van der Waals surface area contributed by atoms with Crippen LogP contribution >= 0.6 is 0 Å². The molecule has 8 aromatic rings. The van der Waals surface area contributed by atoms with Crippen LogP contribution in [0.25, 0.3) is 55.6 Å². The molecule has 0 aliphatic carbocycles. The minimum absolute atomic E-state index is 0.164. The number of rotatable bonds is 24. The van der Waals surface area contributed by atoms with E-state index in [1.807, 2.05) is 24.5 Å². The number of hydrogen-bond donors (Lipinski definition) is 4. The molecule has 0 unspecified atom stereocenters. The van der Waals surface area contributed by atoms with Gasteiger partial charge >= 0.3 is 0 Å². The van der Waals surface area contributed by atoms with Gasteiger partial charge in [-0.1, -0.05) is 71.9 Å². The SMILES string of the molecule is COc1cc(-c2[nH]c3ccc(C4CCN(CCNC(=O)CCCCCCCCCC(=O)NCCN5CCC(c6ccc7[nH]c(-c8cc(OC)c9ncnn9c8)c(C(C)C)c7c6)CC5)CC4)cc3c2C(C)C)cn2ncnc12. The van der Waals surface area contributed by atoms with E-state index >= 15 is 0 Å². The van der Waals surface area contributed by atoms with Gasteiger partial charge in [-0.25, -0.2) is 19.0 Å². The van der Waals surface area contributed by atoms with Crippen molar-refractivity contribution < 1.29 is 19.1 Å². The highest BCUT2D eigenvalue weighted by atomic mass is 16.5. The summed E-state index contributed by atoms with van der Waals surface area (Å²) in [4.78, 5) is 46.5. The maximum Gasteiger partial charge on any atom is 0.220 e. The molecule has 0 bridgehead atoms. The molecule has 2 fully saturated rings. The number of ether oxygens (including phenoxy) is 2. The van der Waals surface area contributed by atoms with Gasteiger partial charge in [-0.3, -0.25) is 9.59 Å². The van der Waals surface area contributed by atoms with Crippen LogP contribution < -0.4 is 20.1 Å². The molecule has 0 saturated carbocycles. The maximum absolute atomic E-state index is 12.7. The van der Waals surface area contributed by atoms with Crippen LogP contribution in [-0.4, -0.2) is 127 Å². The van der Waals surface area contributed by atoms with Crippen molar-refractivity contribution in [2.75, 3.05) is 66.6 Å². The first-order valence-electron chi connectivity index (χ1n) is 28.6. The average molecular weight is 1050 g/mol. The van der Waals surface area contributed by atoms with Crippen molar-refractivity contribution >= 4 is 44.9 Å². The molecule has 408 valence electrons. The zero-order valence-electron chi connectivity index (χ0n) is 46.3. The second-order valence-electron chi connectivity index (χ2n) is 22.3. The predicted octanol–water partition coefficient (Wildman–Crippen LogP) is 11.1. The summed E-state index contributed by atoms with van der Waals surface area (Å²) in [5.74, 6) is 3.40. The lowest BCUT2D eigenvalue weighted by molar-refractivity contribution is -0.122. The summed E-state index contributed by atoms with van der Waals surface area (Å²) in [7, 11) is 3.35. The first kappa shape index (κ1) is 53.6. The van der Waals surface area contributed by atoms with Gasteiger partial charge in [0.1, 0.15) is 12.7 Å². The molecule has 16 heteroatoms. The first-order chi connectivity index (χ1) is 37.5. The van der Waals surface area contributed by atoms with Crippen LogP contribution in [0.3, 0.4) is 0 Å². The topological polar surface area (TPSA) is 175 Å². The summed E-state index contributed by atoms with van der Waals surface area (Å²) in [6.45, 7) is 16.4. The van der Waals surface area contributed by atoms with E-state index < -0.39 is 0 Å². The number of methoxy groups -OCH3 is 2. The van der Waals surface area contributed by atoms with Crippen molar-refractivity contribution in [3.63, 3.8) is 0 Å². The third-order valence-electron chi connectivity index (χ3n) is 16.5. The van der Waals surface area contributed by atoms with Crippen LogP contribution in [0.4, 0.5) is 0 Å². The monoisotopic (exact) mass is 1040 g/mol. The number of carbonyl (C=O) groups excluding carboxylic acids is 2. The predicted molar refractivity (Wildman–Crippen MR) is 306 cm³/mol. The number of benzene rings is 2. The highest BCUT2D eigenvalue weighted by Crippen LogP contribution is 2.41. The van der Waals surface area contributed by atoms with E-state index in [9.17, 15) is 9.59 Å². The molecular weight excluding hydrogens is 965 g/mol. The first-order valence-corrected chi connectivity index (χ1v) is 28.6. The summed E-state index contributed by atoms with van der Waals surface area (Å²) >= 11 is 0. The number of fused-ring (bicyclic) bond motifs is 4. The number of pyridine rings is 2. The maximum atomic E-state index is 12.7. The number of nitrogens with one attached hydrogen (secondary N) is 4. The van der Waals surface area contributed by atoms with E-state index in [2.05, 4.69) is 115 Å². The van der Waals surface area contributed by atoms with Crippen molar-refractivity contribution in [1.82, 2.24) is 59.6 Å². The van der Waals surface area contributed by atoms with Crippen molar-refractivity contribution in [1.29, 1.82) is 0 Å². The Morgan fingerprint density at radius 1 is 0.584 bits per heavy atom.